The lowest BCUT2D eigenvalue weighted by Gasteiger charge is -2.30. The van der Waals surface area contributed by atoms with Crippen LogP contribution in [-0.4, -0.2) is 345 Å². The monoisotopic (exact) mass is 1850 g/mol. The standard InChI is InChI=1S/C77H122N22O29S/c1-38(2)27-46-66(118)92-48(29-60(112)113)68(120)90-45(19-21-59(110)111)76(128)99-25-12-17-54(99)74(126)84-32-57(107)85-41(16-9-11-24-81-77(79)80)62(114)83-30-55(105)82-31-56(106)86-47(28-40-13-6-5-7-14-40)67(119)93-51(35-103)71(123)94-49(33-101)69(121)88-43(18-20-58(108)109)63(115)89-44(22-26-100)64(116)87-42(15-8-10-23-78)65(117)98-61(39(3)4)75(127)97-53(37-129)73(125)96-52(36-104)72(124)95-50(34-102)70(122)91-46/h5-7,13-14,38-39,41-54,61,100-104,129H,8-12,15-37,78H2,1-4H3,(H,82,105)(H,83,114)(H,84,126)(H,85,107)(H,86,106)(H,87,116)(H,88,121)(H,89,115)(H,90,120)(H,91,122)(H,92,118)(H,93,119)(H,94,123)(H,95,124)(H,96,125)(H,97,127)(H,98,117)(H,108,109)(H,110,111)(H,112,113)(H4,79,80,81)/t41-,42-,43-,44-,45-,46-,47-,48-,49-,50-,51-,52-,53-,54-,61-/m0/s1. The first-order valence-electron chi connectivity index (χ1n) is 41.5. The molecule has 2 saturated heterocycles. The van der Waals surface area contributed by atoms with Crippen LogP contribution >= 0.6 is 12.6 Å². The molecule has 1 aromatic carbocycles. The largest absolute Gasteiger partial charge is 0.481 e. The molecule has 0 spiro atoms. The Balaban J connectivity index is 2.15. The first kappa shape index (κ1) is 111. The second-order valence-corrected chi connectivity index (χ2v) is 31.2. The van der Waals surface area contributed by atoms with Gasteiger partial charge in [0.1, 0.15) is 90.6 Å². The van der Waals surface area contributed by atoms with Crippen molar-refractivity contribution < 1.29 is 142 Å². The number of unbranched alkanes of at least 4 members (excludes halogenated alkanes) is 2. The number of amides is 18. The number of thiol groups is 1. The number of carboxylic acid groups (broad SMARTS) is 3. The number of benzene rings is 1. The summed E-state index contributed by atoms with van der Waals surface area (Å²) in [5, 5.41) is 130. The Morgan fingerprint density at radius 1 is 0.442 bits per heavy atom. The van der Waals surface area contributed by atoms with E-state index in [1.807, 2.05) is 0 Å². The number of fused-ring (bicyclic) bond motifs is 1. The smallest absolute Gasteiger partial charge is 0.305 e. The minimum Gasteiger partial charge on any atom is -0.481 e. The Morgan fingerprint density at radius 3 is 1.32 bits per heavy atom. The number of hydrogen-bond donors (Lipinski definition) is 30. The van der Waals surface area contributed by atoms with Gasteiger partial charge in [0, 0.05) is 44.7 Å². The SMILES string of the molecule is CC(C)C[C@@H]1NC(=O)[C@H](CO)NC(=O)[C@H](CO)NC(=O)[C@H](CS)NC(=O)[C@H](C(C)C)NC(=O)[C@H](CCCCN)NC(=O)[C@H](CCO)NC(=O)[C@H](CCC(=O)O)NC(=O)[C@H](CO)NC(=O)[C@H](CO)NC(=O)[C@H](Cc2ccccc2)NC(=O)CNC(=O)CNC(=O)[C@H](CCCCNC(=N)N)NC(=O)CNC(=O)[C@@H]2CCCN2C(=O)[C@H](CCC(=O)O)NC(=O)[C@H](CC(=O)O)NC1=O. The first-order chi connectivity index (χ1) is 61.0. The number of carboxylic acids is 3. The normalized spacial score (nSPS) is 25.3. The maximum atomic E-state index is 14.5. The van der Waals surface area contributed by atoms with Crippen molar-refractivity contribution >= 4 is 143 Å². The van der Waals surface area contributed by atoms with Crippen LogP contribution in [0.1, 0.15) is 130 Å². The van der Waals surface area contributed by atoms with Crippen LogP contribution in [0.3, 0.4) is 0 Å². The van der Waals surface area contributed by atoms with Gasteiger partial charge in [-0.2, -0.15) is 12.6 Å². The second-order valence-electron chi connectivity index (χ2n) is 30.9. The van der Waals surface area contributed by atoms with Gasteiger partial charge in [-0.25, -0.2) is 0 Å². The number of aliphatic hydroxyl groups excluding tert-OH is 5. The molecule has 0 bridgehead atoms. The number of carbonyl (C=O) groups excluding carboxylic acids is 18. The summed E-state index contributed by atoms with van der Waals surface area (Å²) in [6, 6.07) is -19.2. The van der Waals surface area contributed by atoms with Crippen LogP contribution < -0.4 is 107 Å². The Morgan fingerprint density at radius 2 is 0.837 bits per heavy atom. The summed E-state index contributed by atoms with van der Waals surface area (Å²) < 4.78 is 0. The molecule has 129 heavy (non-hydrogen) atoms. The molecule has 2 aliphatic heterocycles. The van der Waals surface area contributed by atoms with E-state index in [0.717, 1.165) is 4.90 Å². The fourth-order valence-corrected chi connectivity index (χ4v) is 13.1. The number of guanidine groups is 1. The lowest BCUT2D eigenvalue weighted by molar-refractivity contribution is -0.144. The number of carbonyl (C=O) groups is 21. The Labute approximate surface area is 745 Å². The van der Waals surface area contributed by atoms with E-state index in [4.69, 9.17) is 16.9 Å². The molecule has 18 amide bonds. The molecule has 2 fully saturated rings. The van der Waals surface area contributed by atoms with Crippen molar-refractivity contribution in [1.82, 2.24) is 101 Å². The van der Waals surface area contributed by atoms with E-state index in [0.29, 0.717) is 5.56 Å². The molecule has 52 heteroatoms. The average molecular weight is 1850 g/mol. The zero-order chi connectivity index (χ0) is 96.7. The highest BCUT2D eigenvalue weighted by atomic mass is 32.1. The number of aliphatic carboxylic acids is 3. The molecule has 0 radical (unpaired) electrons. The van der Waals surface area contributed by atoms with E-state index in [2.05, 4.69) is 108 Å². The average Bonchev–Trinajstić information content (AvgIpc) is 1.76. The predicted octanol–water partition coefficient (Wildman–Crippen LogP) is -12.7. The highest BCUT2D eigenvalue weighted by Crippen LogP contribution is 2.21. The van der Waals surface area contributed by atoms with Crippen LogP contribution in [0.2, 0.25) is 0 Å². The summed E-state index contributed by atoms with van der Waals surface area (Å²) in [5.41, 5.74) is 11.5. The van der Waals surface area contributed by atoms with E-state index >= 15 is 0 Å². The van der Waals surface area contributed by atoms with E-state index in [-0.39, 0.29) is 89.8 Å². The van der Waals surface area contributed by atoms with E-state index in [1.54, 1.807) is 44.2 Å². The number of nitrogens with two attached hydrogens (primary N) is 2. The minimum absolute atomic E-state index is 0.0754. The molecule has 1 aromatic rings. The van der Waals surface area contributed by atoms with Gasteiger partial charge in [-0.05, 0) is 101 Å². The molecular formula is C77H122N22O29S. The molecule has 720 valence electrons. The molecule has 0 unspecified atom stereocenters. The summed E-state index contributed by atoms with van der Waals surface area (Å²) in [4.78, 5) is 289. The van der Waals surface area contributed by atoms with E-state index < -0.39 is 324 Å². The van der Waals surface area contributed by atoms with Crippen molar-refractivity contribution in [3.05, 3.63) is 35.9 Å². The van der Waals surface area contributed by atoms with Gasteiger partial charge in [-0.3, -0.25) is 106 Å². The van der Waals surface area contributed by atoms with Crippen molar-refractivity contribution in [2.75, 3.05) is 78.1 Å². The van der Waals surface area contributed by atoms with Gasteiger partial charge < -0.3 is 153 Å². The Bertz CT molecular complexity index is 4060. The van der Waals surface area contributed by atoms with Gasteiger partial charge >= 0.3 is 17.9 Å². The van der Waals surface area contributed by atoms with Crippen LogP contribution in [0.4, 0.5) is 0 Å². The van der Waals surface area contributed by atoms with Crippen molar-refractivity contribution in [3.63, 3.8) is 0 Å². The highest BCUT2D eigenvalue weighted by Gasteiger charge is 2.42. The van der Waals surface area contributed by atoms with Gasteiger partial charge in [0.2, 0.25) is 106 Å². The quantitative estimate of drug-likeness (QED) is 0.0153. The maximum Gasteiger partial charge on any atom is 0.305 e. The molecule has 3 rings (SSSR count). The molecule has 0 saturated carbocycles. The fraction of sp³-hybridized carbons (Fsp3) is 0.636. The summed E-state index contributed by atoms with van der Waals surface area (Å²) >= 11 is 4.16. The van der Waals surface area contributed by atoms with E-state index in [1.165, 1.54) is 13.8 Å². The van der Waals surface area contributed by atoms with Gasteiger partial charge in [0.15, 0.2) is 5.96 Å². The summed E-state index contributed by atoms with van der Waals surface area (Å²) in [5.74, 6) is -28.3. The third-order valence-electron chi connectivity index (χ3n) is 19.8. The predicted molar refractivity (Wildman–Crippen MR) is 452 cm³/mol. The van der Waals surface area contributed by atoms with Crippen LogP contribution in [-0.2, 0) is 107 Å². The summed E-state index contributed by atoms with van der Waals surface area (Å²) in [7, 11) is 0. The second kappa shape index (κ2) is 58.0. The van der Waals surface area contributed by atoms with Crippen LogP contribution in [0, 0.1) is 17.2 Å². The van der Waals surface area contributed by atoms with Gasteiger partial charge in [-0.15, -0.1) is 0 Å². The number of hydrogen-bond acceptors (Lipinski definition) is 29. The third kappa shape index (κ3) is 40.1. The molecule has 2 aliphatic rings. The van der Waals surface area contributed by atoms with Crippen molar-refractivity contribution in [2.24, 2.45) is 23.3 Å². The summed E-state index contributed by atoms with van der Waals surface area (Å²) in [6.07, 6.45) is -5.16. The Kier molecular flexibility index (Phi) is 49.8. The topological polar surface area (TPSA) is 816 Å². The molecule has 31 N–H and O–H groups in total. The number of nitrogens with one attached hydrogen (secondary N) is 19. The molecule has 2 heterocycles. The van der Waals surface area contributed by atoms with Crippen LogP contribution in [0.15, 0.2) is 30.3 Å². The minimum atomic E-state index is -2.12. The van der Waals surface area contributed by atoms with Crippen molar-refractivity contribution in [2.45, 2.75) is 221 Å². The Hall–Kier alpha value is -12.5. The zero-order valence-corrected chi connectivity index (χ0v) is 72.6. The fourth-order valence-electron chi connectivity index (χ4n) is 12.9. The third-order valence-corrected chi connectivity index (χ3v) is 20.2. The maximum absolute atomic E-state index is 14.5. The molecule has 0 aromatic heterocycles. The van der Waals surface area contributed by atoms with Gasteiger partial charge in [-0.1, -0.05) is 58.0 Å². The highest BCUT2D eigenvalue weighted by molar-refractivity contribution is 7.80. The van der Waals surface area contributed by atoms with Crippen molar-refractivity contribution in [3.8, 4) is 0 Å². The zero-order valence-electron chi connectivity index (χ0n) is 71.7. The number of rotatable bonds is 29. The molecular weight excluding hydrogens is 1730 g/mol. The molecule has 15 atom stereocenters. The number of nitrogens with zero attached hydrogens (tertiary/aromatic N) is 1. The number of aliphatic hydroxyl groups is 5. The van der Waals surface area contributed by atoms with Gasteiger partial charge in [0.25, 0.3) is 0 Å². The molecule has 51 nitrogen and oxygen atoms in total. The summed E-state index contributed by atoms with van der Waals surface area (Å²) in [6.45, 7) is -2.43. The van der Waals surface area contributed by atoms with Gasteiger partial charge in [0.05, 0.1) is 52.5 Å². The van der Waals surface area contributed by atoms with Crippen molar-refractivity contribution in [1.29, 1.82) is 5.41 Å². The van der Waals surface area contributed by atoms with E-state index in [9.17, 15) is 142 Å². The lowest BCUT2D eigenvalue weighted by atomic mass is 10.0. The van der Waals surface area contributed by atoms with Crippen LogP contribution in [0.25, 0.3) is 0 Å². The molecule has 0 aliphatic carbocycles. The van der Waals surface area contributed by atoms with Crippen LogP contribution in [0.5, 0.6) is 0 Å². The first-order valence-corrected chi connectivity index (χ1v) is 42.2. The lowest BCUT2D eigenvalue weighted by Crippen LogP contribution is -2.62.